The van der Waals surface area contributed by atoms with Crippen LogP contribution in [0.2, 0.25) is 0 Å². The van der Waals surface area contributed by atoms with E-state index >= 15 is 0 Å². The fourth-order valence-corrected chi connectivity index (χ4v) is 3.39. The van der Waals surface area contributed by atoms with Crippen LogP contribution in [0.25, 0.3) is 28.6 Å². The van der Waals surface area contributed by atoms with Crippen LogP contribution >= 0.6 is 22.6 Å². The molecule has 0 atom stereocenters. The number of benzene rings is 3. The highest BCUT2D eigenvalue weighted by molar-refractivity contribution is 14.1. The molecule has 3 aromatic carbocycles. The number of fused-ring (bicyclic) bond motifs is 1. The molecule has 1 aromatic heterocycles. The number of nitrogens with zero attached hydrogens (tertiary/aromatic N) is 2. The van der Waals surface area contributed by atoms with Crippen molar-refractivity contribution in [3.05, 3.63) is 92.1 Å². The van der Waals surface area contributed by atoms with E-state index in [2.05, 4.69) is 32.9 Å². The van der Waals surface area contributed by atoms with Crippen molar-refractivity contribution in [1.82, 2.24) is 4.98 Å². The number of hydrogen-bond acceptors (Lipinski definition) is 5. The Morgan fingerprint density at radius 3 is 2.73 bits per heavy atom. The number of carbonyl (C=O) groups is 1. The molecule has 1 N–H and O–H groups in total. The van der Waals surface area contributed by atoms with E-state index in [1.54, 1.807) is 30.3 Å². The standard InChI is InChI=1S/C22H14IN3O4/c23-16-5-2-4-15(12-16)22-25-19-13-17(8-9-20(19)30-22)24-21(27)10-7-14-3-1-6-18(11-14)26(28)29/h1-13H,(H,24,27)/b10-7+. The van der Waals surface area contributed by atoms with Crippen LogP contribution in [0, 0.1) is 13.7 Å². The van der Waals surface area contributed by atoms with Gasteiger partial charge >= 0.3 is 0 Å². The highest BCUT2D eigenvalue weighted by Gasteiger charge is 2.10. The van der Waals surface area contributed by atoms with Gasteiger partial charge in [-0.3, -0.25) is 14.9 Å². The molecule has 0 saturated carbocycles. The van der Waals surface area contributed by atoms with E-state index in [4.69, 9.17) is 4.42 Å². The van der Waals surface area contributed by atoms with Crippen molar-refractivity contribution < 1.29 is 14.1 Å². The summed E-state index contributed by atoms with van der Waals surface area (Å²) in [5, 5.41) is 13.6. The molecule has 0 spiro atoms. The summed E-state index contributed by atoms with van der Waals surface area (Å²) in [6.07, 6.45) is 2.84. The zero-order valence-corrected chi connectivity index (χ0v) is 17.6. The smallest absolute Gasteiger partial charge is 0.270 e. The SMILES string of the molecule is O=C(/C=C/c1cccc([N+](=O)[O-])c1)Nc1ccc2oc(-c3cccc(I)c3)nc2c1. The van der Waals surface area contributed by atoms with Crippen molar-refractivity contribution in [3.63, 3.8) is 0 Å². The molecule has 4 rings (SSSR count). The van der Waals surface area contributed by atoms with E-state index < -0.39 is 4.92 Å². The minimum atomic E-state index is -0.477. The Morgan fingerprint density at radius 1 is 1.10 bits per heavy atom. The van der Waals surface area contributed by atoms with Gasteiger partial charge in [0.2, 0.25) is 11.8 Å². The van der Waals surface area contributed by atoms with Crippen LogP contribution in [0.5, 0.6) is 0 Å². The van der Waals surface area contributed by atoms with Gasteiger partial charge in [0, 0.05) is 33.0 Å². The van der Waals surface area contributed by atoms with Crippen molar-refractivity contribution in [2.75, 3.05) is 5.32 Å². The normalized spacial score (nSPS) is 11.1. The van der Waals surface area contributed by atoms with E-state index in [0.29, 0.717) is 28.2 Å². The van der Waals surface area contributed by atoms with Gasteiger partial charge in [0.1, 0.15) is 5.52 Å². The molecular weight excluding hydrogens is 497 g/mol. The molecule has 0 aliphatic carbocycles. The number of anilines is 1. The number of hydrogen-bond donors (Lipinski definition) is 1. The van der Waals surface area contributed by atoms with E-state index in [1.807, 2.05) is 24.3 Å². The van der Waals surface area contributed by atoms with Gasteiger partial charge < -0.3 is 9.73 Å². The molecule has 30 heavy (non-hydrogen) atoms. The zero-order chi connectivity index (χ0) is 21.1. The predicted molar refractivity (Wildman–Crippen MR) is 123 cm³/mol. The van der Waals surface area contributed by atoms with Crippen LogP contribution in [-0.4, -0.2) is 15.8 Å². The van der Waals surface area contributed by atoms with E-state index in [0.717, 1.165) is 9.13 Å². The third-order valence-electron chi connectivity index (χ3n) is 4.23. The highest BCUT2D eigenvalue weighted by atomic mass is 127. The van der Waals surface area contributed by atoms with Crippen LogP contribution in [0.15, 0.2) is 77.2 Å². The number of aromatic nitrogens is 1. The lowest BCUT2D eigenvalue weighted by atomic mass is 10.2. The van der Waals surface area contributed by atoms with Crippen LogP contribution in [-0.2, 0) is 4.79 Å². The van der Waals surface area contributed by atoms with Crippen molar-refractivity contribution in [2.24, 2.45) is 0 Å². The number of carbonyl (C=O) groups excluding carboxylic acids is 1. The third kappa shape index (κ3) is 4.54. The molecule has 0 unspecified atom stereocenters. The molecular formula is C22H14IN3O4. The summed E-state index contributed by atoms with van der Waals surface area (Å²) in [6, 6.07) is 19.1. The summed E-state index contributed by atoms with van der Waals surface area (Å²) in [6.45, 7) is 0. The quantitative estimate of drug-likeness (QED) is 0.161. The first-order valence-corrected chi connectivity index (χ1v) is 9.96. The second kappa shape index (κ2) is 8.46. The first kappa shape index (κ1) is 19.8. The Hall–Kier alpha value is -3.53. The van der Waals surface area contributed by atoms with Gasteiger partial charge in [0.05, 0.1) is 4.92 Å². The molecule has 1 heterocycles. The number of nitro groups is 1. The molecule has 1 amide bonds. The van der Waals surface area contributed by atoms with Gasteiger partial charge in [0.15, 0.2) is 5.58 Å². The van der Waals surface area contributed by atoms with Gasteiger partial charge in [-0.25, -0.2) is 4.98 Å². The summed E-state index contributed by atoms with van der Waals surface area (Å²) < 4.78 is 6.89. The second-order valence-corrected chi connectivity index (χ2v) is 7.63. The first-order valence-electron chi connectivity index (χ1n) is 8.88. The number of oxazole rings is 1. The molecule has 4 aromatic rings. The van der Waals surface area contributed by atoms with Crippen LogP contribution in [0.3, 0.4) is 0 Å². The summed E-state index contributed by atoms with van der Waals surface area (Å²) in [5.74, 6) is 0.153. The van der Waals surface area contributed by atoms with E-state index in [1.165, 1.54) is 24.3 Å². The van der Waals surface area contributed by atoms with Crippen LogP contribution < -0.4 is 5.32 Å². The lowest BCUT2D eigenvalue weighted by Crippen LogP contribution is -2.07. The summed E-state index contributed by atoms with van der Waals surface area (Å²) in [7, 11) is 0. The molecule has 0 fully saturated rings. The molecule has 0 aliphatic rings. The van der Waals surface area contributed by atoms with Crippen molar-refractivity contribution in [2.45, 2.75) is 0 Å². The number of halogens is 1. The highest BCUT2D eigenvalue weighted by Crippen LogP contribution is 2.27. The van der Waals surface area contributed by atoms with E-state index in [-0.39, 0.29) is 11.6 Å². The van der Waals surface area contributed by atoms with Crippen LogP contribution in [0.4, 0.5) is 11.4 Å². The summed E-state index contributed by atoms with van der Waals surface area (Å²) in [5.41, 5.74) is 3.23. The zero-order valence-electron chi connectivity index (χ0n) is 15.4. The van der Waals surface area contributed by atoms with Crippen LogP contribution in [0.1, 0.15) is 5.56 Å². The third-order valence-corrected chi connectivity index (χ3v) is 4.91. The number of rotatable bonds is 5. The molecule has 0 bridgehead atoms. The Kier molecular flexibility index (Phi) is 5.57. The topological polar surface area (TPSA) is 98.3 Å². The largest absolute Gasteiger partial charge is 0.436 e. The maximum atomic E-state index is 12.2. The number of nitro benzene ring substituents is 1. The summed E-state index contributed by atoms with van der Waals surface area (Å²) in [4.78, 5) is 27.1. The minimum Gasteiger partial charge on any atom is -0.436 e. The number of non-ortho nitro benzene ring substituents is 1. The Labute approximate surface area is 184 Å². The molecule has 0 aliphatic heterocycles. The Morgan fingerprint density at radius 2 is 1.93 bits per heavy atom. The van der Waals surface area contributed by atoms with Gasteiger partial charge in [0.25, 0.3) is 5.69 Å². The van der Waals surface area contributed by atoms with Crippen molar-refractivity contribution in [3.8, 4) is 11.5 Å². The summed E-state index contributed by atoms with van der Waals surface area (Å²) >= 11 is 2.23. The molecule has 148 valence electrons. The minimum absolute atomic E-state index is 0.0297. The van der Waals surface area contributed by atoms with Crippen molar-refractivity contribution >= 4 is 57.0 Å². The fourth-order valence-electron chi connectivity index (χ4n) is 2.85. The fraction of sp³-hybridized carbons (Fsp3) is 0. The Balaban J connectivity index is 1.50. The average Bonchev–Trinajstić information content (AvgIpc) is 3.16. The average molecular weight is 511 g/mol. The molecule has 8 heteroatoms. The maximum Gasteiger partial charge on any atom is 0.270 e. The van der Waals surface area contributed by atoms with Gasteiger partial charge in [-0.1, -0.05) is 18.2 Å². The second-order valence-electron chi connectivity index (χ2n) is 6.39. The molecule has 7 nitrogen and oxygen atoms in total. The first-order chi connectivity index (χ1) is 14.5. The molecule has 0 saturated heterocycles. The number of nitrogens with one attached hydrogen (secondary N) is 1. The monoisotopic (exact) mass is 511 g/mol. The predicted octanol–water partition coefficient (Wildman–Crippen LogP) is 5.66. The lowest BCUT2D eigenvalue weighted by molar-refractivity contribution is -0.384. The van der Waals surface area contributed by atoms with Gasteiger partial charge in [-0.15, -0.1) is 0 Å². The maximum absolute atomic E-state index is 12.2. The lowest BCUT2D eigenvalue weighted by Gasteiger charge is -2.01. The van der Waals surface area contributed by atoms with Gasteiger partial charge in [-0.05, 0) is 70.6 Å². The van der Waals surface area contributed by atoms with Crippen molar-refractivity contribution in [1.29, 1.82) is 0 Å². The van der Waals surface area contributed by atoms with E-state index in [9.17, 15) is 14.9 Å². The Bertz CT molecular complexity index is 1300. The number of amides is 1. The van der Waals surface area contributed by atoms with Gasteiger partial charge in [-0.2, -0.15) is 0 Å². The molecule has 0 radical (unpaired) electrons.